The van der Waals surface area contributed by atoms with Gasteiger partial charge in [-0.05, 0) is 56.9 Å². The Morgan fingerprint density at radius 3 is 2.83 bits per heavy atom. The summed E-state index contributed by atoms with van der Waals surface area (Å²) in [5.74, 6) is 1.32. The fourth-order valence-corrected chi connectivity index (χ4v) is 6.33. The molecule has 0 radical (unpaired) electrons. The van der Waals surface area contributed by atoms with Gasteiger partial charge < -0.3 is 18.9 Å². The number of methoxy groups -OCH3 is 1. The van der Waals surface area contributed by atoms with E-state index in [9.17, 15) is 4.79 Å². The maximum Gasteiger partial charge on any atom is 0.254 e. The largest absolute Gasteiger partial charge is 0.501 e. The fraction of sp³-hybridized carbons (Fsp3) is 0.556. The number of rotatable bonds is 6. The second-order valence-corrected chi connectivity index (χ2v) is 10.4. The SMILES string of the molecule is C=CN(CC1CCC(C)(C(=O)N2CCC3(CC2)NC2C(=CC=C(OC)C2C)n2cccc23)O1)N=C. The number of carbonyl (C=O) groups excluding carboxylic acids is 1. The number of amides is 1. The first-order valence-electron chi connectivity index (χ1n) is 12.6. The Labute approximate surface area is 207 Å². The van der Waals surface area contributed by atoms with Gasteiger partial charge in [-0.15, -0.1) is 0 Å². The minimum atomic E-state index is -0.796. The first-order valence-corrected chi connectivity index (χ1v) is 12.6. The highest BCUT2D eigenvalue weighted by atomic mass is 16.5. The second-order valence-electron chi connectivity index (χ2n) is 10.4. The van der Waals surface area contributed by atoms with E-state index in [1.54, 1.807) is 18.3 Å². The maximum absolute atomic E-state index is 13.6. The van der Waals surface area contributed by atoms with E-state index in [-0.39, 0.29) is 29.5 Å². The van der Waals surface area contributed by atoms with Gasteiger partial charge in [0, 0.05) is 49.5 Å². The molecule has 4 unspecified atom stereocenters. The highest BCUT2D eigenvalue weighted by Gasteiger charge is 2.50. The molecule has 35 heavy (non-hydrogen) atoms. The number of carbonyl (C=O) groups is 1. The minimum Gasteiger partial charge on any atom is -0.501 e. The number of nitrogens with one attached hydrogen (secondary N) is 1. The van der Waals surface area contributed by atoms with Crippen molar-refractivity contribution < 1.29 is 14.3 Å². The zero-order valence-corrected chi connectivity index (χ0v) is 21.1. The number of likely N-dealkylation sites (tertiary alicyclic amines) is 1. The lowest BCUT2D eigenvalue weighted by Gasteiger charge is -2.51. The lowest BCUT2D eigenvalue weighted by atomic mass is 9.78. The molecular formula is C27H37N5O3. The van der Waals surface area contributed by atoms with Crippen LogP contribution in [0.2, 0.25) is 0 Å². The molecule has 188 valence electrons. The molecule has 1 aromatic heterocycles. The standard InChI is InChI=1S/C27H37N5O3/c1-6-31(28-4)18-20-11-12-26(3,35-20)25(33)30-16-13-27(14-17-30)23-8-7-15-32(23)21-9-10-22(34-5)19(2)24(21)29-27/h6-10,15,19-20,24,29H,1,4,11-14,16-18H2,2-3,5H3. The number of aromatic nitrogens is 1. The number of hydrogen-bond donors (Lipinski definition) is 1. The molecule has 4 heterocycles. The van der Waals surface area contributed by atoms with E-state index in [1.807, 2.05) is 11.8 Å². The molecule has 1 aromatic rings. The molecule has 2 saturated heterocycles. The normalized spacial score (nSPS) is 31.2. The third-order valence-electron chi connectivity index (χ3n) is 8.38. The highest BCUT2D eigenvalue weighted by Crippen LogP contribution is 2.44. The second kappa shape index (κ2) is 8.99. The van der Waals surface area contributed by atoms with Crippen molar-refractivity contribution in [2.24, 2.45) is 11.0 Å². The molecule has 8 nitrogen and oxygen atoms in total. The van der Waals surface area contributed by atoms with Gasteiger partial charge in [0.2, 0.25) is 0 Å². The van der Waals surface area contributed by atoms with Crippen molar-refractivity contribution >= 4 is 18.3 Å². The van der Waals surface area contributed by atoms with Crippen molar-refractivity contribution in [3.8, 4) is 0 Å². The molecule has 1 N–H and O–H groups in total. The molecule has 4 aliphatic rings. The minimum absolute atomic E-state index is 0.0621. The monoisotopic (exact) mass is 479 g/mol. The smallest absolute Gasteiger partial charge is 0.254 e. The molecule has 1 aliphatic carbocycles. The van der Waals surface area contributed by atoms with E-state index in [0.717, 1.165) is 25.0 Å². The van der Waals surface area contributed by atoms with Gasteiger partial charge in [-0.25, -0.2) is 0 Å². The average Bonchev–Trinajstić information content (AvgIpc) is 3.52. The summed E-state index contributed by atoms with van der Waals surface area (Å²) in [7, 11) is 1.74. The van der Waals surface area contributed by atoms with Gasteiger partial charge in [0.05, 0.1) is 31.3 Å². The number of allylic oxidation sites excluding steroid dienone is 2. The quantitative estimate of drug-likeness (QED) is 0.501. The molecule has 0 aromatic carbocycles. The van der Waals surface area contributed by atoms with Crippen molar-refractivity contribution in [3.05, 3.63) is 54.7 Å². The predicted octanol–water partition coefficient (Wildman–Crippen LogP) is 3.30. The van der Waals surface area contributed by atoms with Crippen molar-refractivity contribution in [2.45, 2.75) is 62.8 Å². The molecule has 2 fully saturated rings. The number of nitrogens with zero attached hydrogens (tertiary/aromatic N) is 4. The topological polar surface area (TPSA) is 71.3 Å². The van der Waals surface area contributed by atoms with E-state index in [0.29, 0.717) is 26.1 Å². The van der Waals surface area contributed by atoms with E-state index < -0.39 is 5.60 Å². The summed E-state index contributed by atoms with van der Waals surface area (Å²) in [5.41, 5.74) is 1.56. The first kappa shape index (κ1) is 23.9. The van der Waals surface area contributed by atoms with Gasteiger partial charge in [-0.2, -0.15) is 5.10 Å². The van der Waals surface area contributed by atoms with Crippen LogP contribution in [0.25, 0.3) is 5.70 Å². The van der Waals surface area contributed by atoms with Crippen molar-refractivity contribution in [2.75, 3.05) is 26.7 Å². The van der Waals surface area contributed by atoms with Crippen LogP contribution in [0.3, 0.4) is 0 Å². The van der Waals surface area contributed by atoms with Crippen LogP contribution in [0.15, 0.2) is 54.1 Å². The Kier molecular flexibility index (Phi) is 6.13. The van der Waals surface area contributed by atoms with E-state index in [1.165, 1.54) is 11.4 Å². The Morgan fingerprint density at radius 1 is 1.37 bits per heavy atom. The summed E-state index contributed by atoms with van der Waals surface area (Å²) >= 11 is 0. The van der Waals surface area contributed by atoms with Gasteiger partial charge in [-0.1, -0.05) is 13.5 Å². The predicted molar refractivity (Wildman–Crippen MR) is 136 cm³/mol. The average molecular weight is 480 g/mol. The maximum atomic E-state index is 13.6. The van der Waals surface area contributed by atoms with Crippen molar-refractivity contribution in [1.82, 2.24) is 19.8 Å². The summed E-state index contributed by atoms with van der Waals surface area (Å²) in [5, 5.41) is 9.58. The van der Waals surface area contributed by atoms with Crippen molar-refractivity contribution in [3.63, 3.8) is 0 Å². The molecule has 8 heteroatoms. The van der Waals surface area contributed by atoms with Gasteiger partial charge in [-0.3, -0.25) is 15.1 Å². The fourth-order valence-electron chi connectivity index (χ4n) is 6.33. The van der Waals surface area contributed by atoms with Crippen LogP contribution in [0, 0.1) is 5.92 Å². The molecule has 0 saturated carbocycles. The number of piperidine rings is 1. The summed E-state index contributed by atoms with van der Waals surface area (Å²) in [6.07, 6.45) is 11.2. The van der Waals surface area contributed by atoms with Gasteiger partial charge in [0.25, 0.3) is 5.91 Å². The summed E-state index contributed by atoms with van der Waals surface area (Å²) < 4.78 is 14.3. The lowest BCUT2D eigenvalue weighted by molar-refractivity contribution is -0.157. The summed E-state index contributed by atoms with van der Waals surface area (Å²) in [4.78, 5) is 15.6. The Bertz CT molecular complexity index is 1060. The van der Waals surface area contributed by atoms with Crippen LogP contribution >= 0.6 is 0 Å². The first-order chi connectivity index (χ1) is 16.8. The highest BCUT2D eigenvalue weighted by molar-refractivity contribution is 5.85. The molecule has 0 bridgehead atoms. The number of hydrazone groups is 1. The zero-order chi connectivity index (χ0) is 24.8. The third-order valence-corrected chi connectivity index (χ3v) is 8.38. The van der Waals surface area contributed by atoms with E-state index in [2.05, 4.69) is 65.7 Å². The van der Waals surface area contributed by atoms with Gasteiger partial charge in [0.1, 0.15) is 11.4 Å². The van der Waals surface area contributed by atoms with E-state index in [4.69, 9.17) is 9.47 Å². The Hall–Kier alpha value is -2.84. The molecule has 1 amide bonds. The van der Waals surface area contributed by atoms with Gasteiger partial charge in [0.15, 0.2) is 0 Å². The molecular weight excluding hydrogens is 442 g/mol. The zero-order valence-electron chi connectivity index (χ0n) is 21.1. The van der Waals surface area contributed by atoms with Crippen molar-refractivity contribution in [1.29, 1.82) is 0 Å². The molecule has 3 aliphatic heterocycles. The van der Waals surface area contributed by atoms with Crippen LogP contribution in [0.5, 0.6) is 0 Å². The van der Waals surface area contributed by atoms with Crippen LogP contribution in [-0.4, -0.2) is 71.6 Å². The van der Waals surface area contributed by atoms with Crippen LogP contribution in [0.1, 0.15) is 45.2 Å². The van der Waals surface area contributed by atoms with Crippen LogP contribution in [0.4, 0.5) is 0 Å². The third kappa shape index (κ3) is 3.93. The van der Waals surface area contributed by atoms with Crippen LogP contribution in [-0.2, 0) is 19.8 Å². The molecule has 5 rings (SSSR count). The Morgan fingerprint density at radius 2 is 2.14 bits per heavy atom. The summed E-state index contributed by atoms with van der Waals surface area (Å²) in [6.45, 7) is 13.4. The van der Waals surface area contributed by atoms with Gasteiger partial charge >= 0.3 is 0 Å². The molecule has 4 atom stereocenters. The van der Waals surface area contributed by atoms with E-state index >= 15 is 0 Å². The summed E-state index contributed by atoms with van der Waals surface area (Å²) in [6, 6.07) is 4.50. The number of hydrogen-bond acceptors (Lipinski definition) is 6. The molecule has 1 spiro atoms. The number of fused-ring (bicyclic) bond motifs is 4. The number of ether oxygens (including phenoxy) is 2. The van der Waals surface area contributed by atoms with Crippen LogP contribution < -0.4 is 5.32 Å². The lowest BCUT2D eigenvalue weighted by Crippen LogP contribution is -2.62. The Balaban J connectivity index is 1.29.